The first-order valence-electron chi connectivity index (χ1n) is 11.1. The van der Waals surface area contributed by atoms with E-state index in [1.807, 2.05) is 29.2 Å². The molecule has 1 amide bonds. The third-order valence-corrected chi connectivity index (χ3v) is 6.96. The van der Waals surface area contributed by atoms with Crippen molar-refractivity contribution in [3.8, 4) is 11.5 Å². The molecular formula is C24H32N2O4S. The normalized spacial score (nSPS) is 19.2. The first kappa shape index (κ1) is 22.1. The van der Waals surface area contributed by atoms with Gasteiger partial charge in [0.2, 0.25) is 5.91 Å². The number of amides is 1. The van der Waals surface area contributed by atoms with Gasteiger partial charge < -0.3 is 19.5 Å². The fourth-order valence-corrected chi connectivity index (χ4v) is 5.19. The van der Waals surface area contributed by atoms with Crippen LogP contribution in [0.25, 0.3) is 0 Å². The number of carbonyl (C=O) groups is 1. The number of hydrogen-bond donors (Lipinski definition) is 1. The van der Waals surface area contributed by atoms with E-state index in [2.05, 4.69) is 16.3 Å². The van der Waals surface area contributed by atoms with Crippen LogP contribution in [-0.4, -0.2) is 66.8 Å². The van der Waals surface area contributed by atoms with E-state index < -0.39 is 6.10 Å². The second-order valence-corrected chi connectivity index (χ2v) is 9.63. The maximum absolute atomic E-state index is 13.4. The number of thiophene rings is 1. The SMILES string of the molecule is COc1cccc(OC[C@H]2c3ccsc3CCN2C(=O)CN(CC2CC2)C[C@@H](C)O)c1. The van der Waals surface area contributed by atoms with Gasteiger partial charge in [-0.1, -0.05) is 6.07 Å². The van der Waals surface area contributed by atoms with Crippen LogP contribution in [0.2, 0.25) is 0 Å². The number of carbonyl (C=O) groups excluding carboxylic acids is 1. The highest BCUT2D eigenvalue weighted by Gasteiger charge is 2.34. The van der Waals surface area contributed by atoms with E-state index in [1.54, 1.807) is 25.4 Å². The standard InChI is InChI=1S/C24H32N2O4S/c1-17(27)13-25(14-18-6-7-18)15-24(28)26-10-8-23-21(9-11-31-23)22(26)16-30-20-5-3-4-19(12-20)29-2/h3-5,9,11-12,17-18,22,27H,6-8,10,13-16H2,1-2H3/t17-,22+/m1/s1. The quantitative estimate of drug-likeness (QED) is 0.609. The Kier molecular flexibility index (Phi) is 7.15. The average molecular weight is 445 g/mol. The van der Waals surface area contributed by atoms with Crippen molar-refractivity contribution in [1.29, 1.82) is 0 Å². The van der Waals surface area contributed by atoms with E-state index in [9.17, 15) is 9.90 Å². The van der Waals surface area contributed by atoms with Crippen LogP contribution in [0.1, 0.15) is 36.2 Å². The van der Waals surface area contributed by atoms with Gasteiger partial charge in [-0.25, -0.2) is 0 Å². The Labute approximate surface area is 188 Å². The third-order valence-electron chi connectivity index (χ3n) is 5.96. The molecule has 1 saturated carbocycles. The van der Waals surface area contributed by atoms with Crippen molar-refractivity contribution in [2.75, 3.05) is 39.9 Å². The summed E-state index contributed by atoms with van der Waals surface area (Å²) in [6, 6.07) is 9.58. The molecule has 31 heavy (non-hydrogen) atoms. The van der Waals surface area contributed by atoms with Gasteiger partial charge in [0.1, 0.15) is 18.1 Å². The van der Waals surface area contributed by atoms with Crippen molar-refractivity contribution in [3.63, 3.8) is 0 Å². The number of fused-ring (bicyclic) bond motifs is 1. The minimum absolute atomic E-state index is 0.108. The number of aliphatic hydroxyl groups excluding tert-OH is 1. The van der Waals surface area contributed by atoms with Crippen molar-refractivity contribution in [3.05, 3.63) is 46.2 Å². The second-order valence-electron chi connectivity index (χ2n) is 8.63. The highest BCUT2D eigenvalue weighted by Crippen LogP contribution is 2.35. The minimum Gasteiger partial charge on any atom is -0.497 e. The molecule has 1 aliphatic heterocycles. The molecule has 2 heterocycles. The topological polar surface area (TPSA) is 62.2 Å². The van der Waals surface area contributed by atoms with E-state index in [0.29, 0.717) is 32.2 Å². The molecule has 2 aromatic rings. The van der Waals surface area contributed by atoms with Crippen LogP contribution < -0.4 is 9.47 Å². The van der Waals surface area contributed by atoms with Gasteiger partial charge in [0, 0.05) is 30.6 Å². The summed E-state index contributed by atoms with van der Waals surface area (Å²) >= 11 is 1.75. The highest BCUT2D eigenvalue weighted by molar-refractivity contribution is 7.10. The molecule has 0 unspecified atom stereocenters. The monoisotopic (exact) mass is 444 g/mol. The predicted molar refractivity (Wildman–Crippen MR) is 122 cm³/mol. The maximum atomic E-state index is 13.4. The van der Waals surface area contributed by atoms with Crippen LogP contribution in [0, 0.1) is 5.92 Å². The summed E-state index contributed by atoms with van der Waals surface area (Å²) < 4.78 is 11.4. The number of benzene rings is 1. The molecule has 1 fully saturated rings. The molecule has 1 aromatic carbocycles. The Hall–Kier alpha value is -2.09. The fraction of sp³-hybridized carbons (Fsp3) is 0.542. The van der Waals surface area contributed by atoms with Crippen LogP contribution in [0.15, 0.2) is 35.7 Å². The zero-order valence-corrected chi connectivity index (χ0v) is 19.1. The van der Waals surface area contributed by atoms with E-state index >= 15 is 0 Å². The lowest BCUT2D eigenvalue weighted by atomic mass is 10.0. The minimum atomic E-state index is -0.441. The lowest BCUT2D eigenvalue weighted by Crippen LogP contribution is -2.48. The summed E-state index contributed by atoms with van der Waals surface area (Å²) in [5.41, 5.74) is 1.19. The Bertz CT molecular complexity index is 876. The smallest absolute Gasteiger partial charge is 0.237 e. The van der Waals surface area contributed by atoms with Gasteiger partial charge in [-0.05, 0) is 61.2 Å². The van der Waals surface area contributed by atoms with Crippen LogP contribution in [0.4, 0.5) is 0 Å². The lowest BCUT2D eigenvalue weighted by Gasteiger charge is -2.37. The van der Waals surface area contributed by atoms with Crippen molar-refractivity contribution in [1.82, 2.24) is 9.80 Å². The van der Waals surface area contributed by atoms with Crippen LogP contribution >= 0.6 is 11.3 Å². The van der Waals surface area contributed by atoms with Gasteiger partial charge in [0.05, 0.1) is 25.8 Å². The number of ether oxygens (including phenoxy) is 2. The van der Waals surface area contributed by atoms with Gasteiger partial charge in [0.15, 0.2) is 0 Å². The molecule has 0 spiro atoms. The zero-order chi connectivity index (χ0) is 21.8. The molecular weight excluding hydrogens is 412 g/mol. The zero-order valence-electron chi connectivity index (χ0n) is 18.3. The van der Waals surface area contributed by atoms with E-state index in [1.165, 1.54) is 23.3 Å². The summed E-state index contributed by atoms with van der Waals surface area (Å²) in [6.07, 6.45) is 2.89. The molecule has 1 aliphatic carbocycles. The van der Waals surface area contributed by atoms with E-state index in [0.717, 1.165) is 24.5 Å². The van der Waals surface area contributed by atoms with Gasteiger partial charge in [0.25, 0.3) is 0 Å². The Morgan fingerprint density at radius 1 is 1.32 bits per heavy atom. The van der Waals surface area contributed by atoms with Gasteiger partial charge in [-0.15, -0.1) is 11.3 Å². The summed E-state index contributed by atoms with van der Waals surface area (Å²) in [4.78, 5) is 18.8. The number of methoxy groups -OCH3 is 1. The second kappa shape index (κ2) is 10.0. The third kappa shape index (κ3) is 5.79. The van der Waals surface area contributed by atoms with Crippen LogP contribution in [0.3, 0.4) is 0 Å². The molecule has 0 radical (unpaired) electrons. The molecule has 1 N–H and O–H groups in total. The Morgan fingerprint density at radius 2 is 2.13 bits per heavy atom. The van der Waals surface area contributed by atoms with Gasteiger partial charge in [-0.3, -0.25) is 9.69 Å². The van der Waals surface area contributed by atoms with Gasteiger partial charge >= 0.3 is 0 Å². The summed E-state index contributed by atoms with van der Waals surface area (Å²) in [7, 11) is 1.64. The number of rotatable bonds is 10. The molecule has 2 atom stereocenters. The fourth-order valence-electron chi connectivity index (χ4n) is 4.27. The molecule has 6 nitrogen and oxygen atoms in total. The van der Waals surface area contributed by atoms with Crippen molar-refractivity contribution in [2.45, 2.75) is 38.3 Å². The average Bonchev–Trinajstić information content (AvgIpc) is 3.43. The number of hydrogen-bond acceptors (Lipinski definition) is 6. The van der Waals surface area contributed by atoms with Gasteiger partial charge in [-0.2, -0.15) is 0 Å². The predicted octanol–water partition coefficient (Wildman–Crippen LogP) is 3.35. The van der Waals surface area contributed by atoms with Crippen molar-refractivity contribution >= 4 is 17.2 Å². The number of nitrogens with zero attached hydrogens (tertiary/aromatic N) is 2. The van der Waals surface area contributed by atoms with Crippen LogP contribution in [-0.2, 0) is 11.2 Å². The Balaban J connectivity index is 1.47. The molecule has 0 saturated heterocycles. The lowest BCUT2D eigenvalue weighted by molar-refractivity contribution is -0.136. The van der Waals surface area contributed by atoms with E-state index in [-0.39, 0.29) is 11.9 Å². The Morgan fingerprint density at radius 3 is 2.87 bits per heavy atom. The molecule has 7 heteroatoms. The largest absolute Gasteiger partial charge is 0.497 e. The molecule has 0 bridgehead atoms. The summed E-state index contributed by atoms with van der Waals surface area (Å²) in [6.45, 7) is 4.65. The first-order chi connectivity index (χ1) is 15.0. The molecule has 168 valence electrons. The number of aliphatic hydroxyl groups is 1. The van der Waals surface area contributed by atoms with Crippen molar-refractivity contribution < 1.29 is 19.4 Å². The van der Waals surface area contributed by atoms with Crippen LogP contribution in [0.5, 0.6) is 11.5 Å². The molecule has 2 aliphatic rings. The summed E-state index contributed by atoms with van der Waals surface area (Å²) in [5, 5.41) is 12.0. The van der Waals surface area contributed by atoms with E-state index in [4.69, 9.17) is 9.47 Å². The summed E-state index contributed by atoms with van der Waals surface area (Å²) in [5.74, 6) is 2.26. The highest BCUT2D eigenvalue weighted by atomic mass is 32.1. The van der Waals surface area contributed by atoms with Crippen molar-refractivity contribution in [2.24, 2.45) is 5.92 Å². The molecule has 4 rings (SSSR count). The maximum Gasteiger partial charge on any atom is 0.237 e. The first-order valence-corrected chi connectivity index (χ1v) is 11.9. The molecule has 1 aromatic heterocycles.